The fourth-order valence-corrected chi connectivity index (χ4v) is 2.94. The highest BCUT2D eigenvalue weighted by Gasteiger charge is 2.17. The molecule has 7 nitrogen and oxygen atoms in total. The molecule has 0 radical (unpaired) electrons. The molecule has 0 saturated heterocycles. The van der Waals surface area contributed by atoms with Gasteiger partial charge < -0.3 is 10.1 Å². The third-order valence-corrected chi connectivity index (χ3v) is 4.40. The van der Waals surface area contributed by atoms with E-state index in [-0.39, 0.29) is 11.6 Å². The Balaban J connectivity index is 1.80. The first kappa shape index (κ1) is 17.9. The summed E-state index contributed by atoms with van der Waals surface area (Å²) in [7, 11) is 1.57. The summed E-state index contributed by atoms with van der Waals surface area (Å²) in [5.74, 6) is 1.50. The number of ketones is 1. The van der Waals surface area contributed by atoms with Crippen molar-refractivity contribution < 1.29 is 9.53 Å². The molecule has 8 heteroatoms. The maximum Gasteiger partial charge on any atom is 0.230 e. The van der Waals surface area contributed by atoms with Crippen molar-refractivity contribution in [3.63, 3.8) is 0 Å². The standard InChI is InChI=1S/C20H16ClN5O2/c1-11-9-17(26-25-11)23-19-15-8-5-13(21)10-16(15)22-20(24-19)18(27)12-3-6-14(28-2)7-4-12/h3-10H,1-2H3,(H2,22,23,24,25,26). The highest BCUT2D eigenvalue weighted by molar-refractivity contribution is 6.31. The average molecular weight is 394 g/mol. The normalized spacial score (nSPS) is 10.8. The van der Waals surface area contributed by atoms with Crippen molar-refractivity contribution in [2.75, 3.05) is 12.4 Å². The first-order valence-corrected chi connectivity index (χ1v) is 8.86. The fourth-order valence-electron chi connectivity index (χ4n) is 2.77. The van der Waals surface area contributed by atoms with Crippen LogP contribution in [0.4, 0.5) is 11.6 Å². The van der Waals surface area contributed by atoms with Gasteiger partial charge in [-0.2, -0.15) is 5.10 Å². The molecule has 0 aliphatic heterocycles. The van der Waals surface area contributed by atoms with E-state index in [1.807, 2.05) is 13.0 Å². The molecule has 0 aliphatic carbocycles. The Morgan fingerprint density at radius 1 is 1.11 bits per heavy atom. The van der Waals surface area contributed by atoms with Crippen molar-refractivity contribution in [3.8, 4) is 5.75 Å². The first-order chi connectivity index (χ1) is 13.5. The van der Waals surface area contributed by atoms with Crippen LogP contribution in [0, 0.1) is 6.92 Å². The maximum atomic E-state index is 12.9. The number of nitrogens with zero attached hydrogens (tertiary/aromatic N) is 3. The third-order valence-electron chi connectivity index (χ3n) is 4.17. The van der Waals surface area contributed by atoms with Crippen LogP contribution in [0.25, 0.3) is 10.9 Å². The zero-order valence-corrected chi connectivity index (χ0v) is 15.9. The lowest BCUT2D eigenvalue weighted by Gasteiger charge is -2.09. The van der Waals surface area contributed by atoms with Gasteiger partial charge in [0.25, 0.3) is 0 Å². The summed E-state index contributed by atoms with van der Waals surface area (Å²) in [5, 5.41) is 11.4. The fraction of sp³-hybridized carbons (Fsp3) is 0.100. The summed E-state index contributed by atoms with van der Waals surface area (Å²) >= 11 is 6.12. The number of carbonyl (C=O) groups excluding carboxylic acids is 1. The van der Waals surface area contributed by atoms with E-state index in [1.165, 1.54) is 0 Å². The van der Waals surface area contributed by atoms with Crippen LogP contribution in [0.1, 0.15) is 21.9 Å². The molecule has 140 valence electrons. The predicted octanol–water partition coefficient (Wildman–Crippen LogP) is 4.30. The molecule has 0 unspecified atom stereocenters. The van der Waals surface area contributed by atoms with Gasteiger partial charge in [0, 0.05) is 27.7 Å². The molecule has 2 aromatic heterocycles. The minimum absolute atomic E-state index is 0.0645. The van der Waals surface area contributed by atoms with Gasteiger partial charge in [0.15, 0.2) is 5.82 Å². The van der Waals surface area contributed by atoms with Gasteiger partial charge >= 0.3 is 0 Å². The lowest BCUT2D eigenvalue weighted by molar-refractivity contribution is 0.103. The second-order valence-corrected chi connectivity index (χ2v) is 6.61. The molecule has 4 aromatic rings. The van der Waals surface area contributed by atoms with Gasteiger partial charge in [0.1, 0.15) is 11.6 Å². The molecule has 0 spiro atoms. The van der Waals surface area contributed by atoms with Gasteiger partial charge in [-0.1, -0.05) is 11.6 Å². The maximum absolute atomic E-state index is 12.9. The number of benzene rings is 2. The monoisotopic (exact) mass is 393 g/mol. The van der Waals surface area contributed by atoms with Gasteiger partial charge in [-0.15, -0.1) is 0 Å². The number of rotatable bonds is 5. The van der Waals surface area contributed by atoms with Crippen molar-refractivity contribution in [2.45, 2.75) is 6.92 Å². The Morgan fingerprint density at radius 3 is 2.57 bits per heavy atom. The van der Waals surface area contributed by atoms with Crippen LogP contribution in [0.3, 0.4) is 0 Å². The van der Waals surface area contributed by atoms with Gasteiger partial charge in [-0.3, -0.25) is 9.89 Å². The van der Waals surface area contributed by atoms with E-state index in [1.54, 1.807) is 49.6 Å². The number of nitrogens with one attached hydrogen (secondary N) is 2. The first-order valence-electron chi connectivity index (χ1n) is 8.48. The number of methoxy groups -OCH3 is 1. The van der Waals surface area contributed by atoms with E-state index in [2.05, 4.69) is 25.5 Å². The summed E-state index contributed by atoms with van der Waals surface area (Å²) in [4.78, 5) is 21.8. The lowest BCUT2D eigenvalue weighted by atomic mass is 10.1. The number of aryl methyl sites for hydroxylation is 1. The smallest absolute Gasteiger partial charge is 0.230 e. The van der Waals surface area contributed by atoms with E-state index in [9.17, 15) is 4.79 Å². The van der Waals surface area contributed by atoms with Crippen LogP contribution >= 0.6 is 11.6 Å². The van der Waals surface area contributed by atoms with Gasteiger partial charge in [-0.25, -0.2) is 9.97 Å². The highest BCUT2D eigenvalue weighted by Crippen LogP contribution is 2.26. The number of H-pyrrole nitrogens is 1. The molecule has 4 rings (SSSR count). The number of carbonyl (C=O) groups is 1. The van der Waals surface area contributed by atoms with Crippen molar-refractivity contribution in [1.82, 2.24) is 20.2 Å². The largest absolute Gasteiger partial charge is 0.497 e. The number of ether oxygens (including phenoxy) is 1. The summed E-state index contributed by atoms with van der Waals surface area (Å²) in [6.45, 7) is 1.90. The number of aromatic nitrogens is 4. The molecule has 0 aliphatic rings. The number of anilines is 2. The molecule has 2 N–H and O–H groups in total. The molecule has 2 aromatic carbocycles. The van der Waals surface area contributed by atoms with Crippen LogP contribution in [0.2, 0.25) is 5.02 Å². The number of halogens is 1. The van der Waals surface area contributed by atoms with E-state index in [0.717, 1.165) is 11.1 Å². The molecular weight excluding hydrogens is 378 g/mol. The quantitative estimate of drug-likeness (QED) is 0.491. The van der Waals surface area contributed by atoms with Gasteiger partial charge in [-0.05, 0) is 49.4 Å². The van der Waals surface area contributed by atoms with Crippen molar-refractivity contribution in [2.24, 2.45) is 0 Å². The van der Waals surface area contributed by atoms with Gasteiger partial charge in [0.05, 0.1) is 12.6 Å². The molecule has 28 heavy (non-hydrogen) atoms. The Hall–Kier alpha value is -3.45. The molecule has 0 saturated carbocycles. The Morgan fingerprint density at radius 2 is 1.89 bits per heavy atom. The minimum atomic E-state index is -0.300. The van der Waals surface area contributed by atoms with Crippen LogP contribution in [0.15, 0.2) is 48.5 Å². The Labute approximate surface area is 165 Å². The SMILES string of the molecule is COc1ccc(C(=O)c2nc(Nc3cc(C)[nH]n3)c3ccc(Cl)cc3n2)cc1. The molecule has 0 amide bonds. The molecule has 0 fully saturated rings. The average Bonchev–Trinajstić information content (AvgIpc) is 3.11. The number of fused-ring (bicyclic) bond motifs is 1. The Kier molecular flexibility index (Phi) is 4.67. The van der Waals surface area contributed by atoms with Crippen LogP contribution in [-0.2, 0) is 0 Å². The lowest BCUT2D eigenvalue weighted by Crippen LogP contribution is -2.09. The molecule has 0 bridgehead atoms. The number of hydrogen-bond donors (Lipinski definition) is 2. The number of hydrogen-bond acceptors (Lipinski definition) is 6. The molecule has 0 atom stereocenters. The van der Waals surface area contributed by atoms with Crippen molar-refractivity contribution in [3.05, 3.63) is 70.6 Å². The highest BCUT2D eigenvalue weighted by atomic mass is 35.5. The van der Waals surface area contributed by atoms with Gasteiger partial charge in [0.2, 0.25) is 11.6 Å². The summed E-state index contributed by atoms with van der Waals surface area (Å²) in [6, 6.07) is 13.9. The van der Waals surface area contributed by atoms with E-state index in [4.69, 9.17) is 16.3 Å². The summed E-state index contributed by atoms with van der Waals surface area (Å²) in [5.41, 5.74) is 1.93. The summed E-state index contributed by atoms with van der Waals surface area (Å²) in [6.07, 6.45) is 0. The van der Waals surface area contributed by atoms with Crippen LogP contribution < -0.4 is 10.1 Å². The van der Waals surface area contributed by atoms with Crippen molar-refractivity contribution in [1.29, 1.82) is 0 Å². The second kappa shape index (κ2) is 7.28. The van der Waals surface area contributed by atoms with Crippen molar-refractivity contribution >= 4 is 39.9 Å². The van der Waals surface area contributed by atoms with E-state index >= 15 is 0 Å². The van der Waals surface area contributed by atoms with E-state index in [0.29, 0.717) is 33.5 Å². The van der Waals surface area contributed by atoms with Crippen LogP contribution in [-0.4, -0.2) is 33.1 Å². The zero-order valence-electron chi connectivity index (χ0n) is 15.2. The van der Waals surface area contributed by atoms with E-state index < -0.39 is 0 Å². The predicted molar refractivity (Wildman–Crippen MR) is 108 cm³/mol. The topological polar surface area (TPSA) is 92.8 Å². The third kappa shape index (κ3) is 3.52. The van der Waals surface area contributed by atoms with Crippen LogP contribution in [0.5, 0.6) is 5.75 Å². The number of aromatic amines is 1. The Bertz CT molecular complexity index is 1170. The zero-order chi connectivity index (χ0) is 19.7. The molecular formula is C20H16ClN5O2. The summed E-state index contributed by atoms with van der Waals surface area (Å²) < 4.78 is 5.14. The minimum Gasteiger partial charge on any atom is -0.497 e. The molecule has 2 heterocycles. The second-order valence-electron chi connectivity index (χ2n) is 6.18.